The predicted molar refractivity (Wildman–Crippen MR) is 117 cm³/mol. The Balaban J connectivity index is 1.67. The van der Waals surface area contributed by atoms with E-state index in [9.17, 15) is 13.4 Å². The molecule has 1 aliphatic rings. The topological polar surface area (TPSA) is 50.3 Å². The SMILES string of the molecule is CN1c2ccc(C#CCc3ccncc3)cc2C(=O)/C(=C/c2cccc(F)c2)S1=O. The highest BCUT2D eigenvalue weighted by atomic mass is 32.2. The van der Waals surface area contributed by atoms with Crippen LogP contribution in [0, 0.1) is 17.7 Å². The molecule has 2 heterocycles. The van der Waals surface area contributed by atoms with Gasteiger partial charge in [-0.1, -0.05) is 24.0 Å². The molecule has 3 aromatic rings. The van der Waals surface area contributed by atoms with Crippen molar-refractivity contribution in [2.45, 2.75) is 6.42 Å². The number of hydrogen-bond donors (Lipinski definition) is 0. The number of nitrogens with zero attached hydrogens (tertiary/aromatic N) is 2. The fourth-order valence-electron chi connectivity index (χ4n) is 3.13. The van der Waals surface area contributed by atoms with Gasteiger partial charge in [0.2, 0.25) is 5.78 Å². The minimum atomic E-state index is -1.68. The van der Waals surface area contributed by atoms with Gasteiger partial charge in [0.05, 0.1) is 5.69 Å². The number of carbonyl (C=O) groups is 1. The van der Waals surface area contributed by atoms with Gasteiger partial charge in [-0.05, 0) is 59.7 Å². The van der Waals surface area contributed by atoms with Crippen molar-refractivity contribution >= 4 is 28.5 Å². The second kappa shape index (κ2) is 8.44. The highest BCUT2D eigenvalue weighted by Gasteiger charge is 2.31. The van der Waals surface area contributed by atoms with Crippen molar-refractivity contribution in [3.8, 4) is 11.8 Å². The fraction of sp³-hybridized carbons (Fsp3) is 0.0833. The number of fused-ring (bicyclic) bond motifs is 1. The van der Waals surface area contributed by atoms with Crippen LogP contribution in [0.2, 0.25) is 0 Å². The lowest BCUT2D eigenvalue weighted by atomic mass is 10.0. The molecule has 0 N–H and O–H groups in total. The summed E-state index contributed by atoms with van der Waals surface area (Å²) in [5.74, 6) is 5.41. The van der Waals surface area contributed by atoms with Gasteiger partial charge in [-0.2, -0.15) is 0 Å². The van der Waals surface area contributed by atoms with Crippen LogP contribution in [-0.2, 0) is 17.4 Å². The average molecular weight is 416 g/mol. The molecule has 0 saturated carbocycles. The highest BCUT2D eigenvalue weighted by molar-refractivity contribution is 7.91. The Kier molecular flexibility index (Phi) is 5.55. The third-order valence-corrected chi connectivity index (χ3v) is 6.04. The molecule has 0 saturated heterocycles. The number of anilines is 1. The number of carbonyl (C=O) groups excluding carboxylic acids is 1. The van der Waals surface area contributed by atoms with Crippen LogP contribution >= 0.6 is 0 Å². The Morgan fingerprint density at radius 3 is 2.70 bits per heavy atom. The first kappa shape index (κ1) is 19.7. The van der Waals surface area contributed by atoms with E-state index in [4.69, 9.17) is 0 Å². The zero-order valence-electron chi connectivity index (χ0n) is 16.1. The van der Waals surface area contributed by atoms with E-state index < -0.39 is 16.8 Å². The number of hydrogen-bond acceptors (Lipinski definition) is 3. The summed E-state index contributed by atoms with van der Waals surface area (Å²) in [4.78, 5) is 17.2. The summed E-state index contributed by atoms with van der Waals surface area (Å²) in [6.07, 6.45) is 5.49. The van der Waals surface area contributed by atoms with Crippen molar-refractivity contribution in [1.29, 1.82) is 0 Å². The molecule has 30 heavy (non-hydrogen) atoms. The monoisotopic (exact) mass is 416 g/mol. The molecule has 0 fully saturated rings. The van der Waals surface area contributed by atoms with Crippen LogP contribution in [0.25, 0.3) is 6.08 Å². The van der Waals surface area contributed by atoms with Crippen LogP contribution in [0.15, 0.2) is 71.9 Å². The van der Waals surface area contributed by atoms with E-state index in [0.717, 1.165) is 5.56 Å². The average Bonchev–Trinajstić information content (AvgIpc) is 2.76. The Hall–Kier alpha value is -3.56. The molecule has 0 bridgehead atoms. The number of rotatable bonds is 2. The van der Waals surface area contributed by atoms with Crippen molar-refractivity contribution < 1.29 is 13.4 Å². The maximum absolute atomic E-state index is 13.5. The predicted octanol–water partition coefficient (Wildman–Crippen LogP) is 4.15. The maximum atomic E-state index is 13.5. The van der Waals surface area contributed by atoms with Gasteiger partial charge in [0.15, 0.2) is 11.0 Å². The smallest absolute Gasteiger partial charge is 0.205 e. The van der Waals surface area contributed by atoms with E-state index in [0.29, 0.717) is 28.8 Å². The molecular formula is C24H17FN2O2S. The first-order chi connectivity index (χ1) is 14.5. The van der Waals surface area contributed by atoms with Gasteiger partial charge in [0.1, 0.15) is 10.7 Å². The van der Waals surface area contributed by atoms with Gasteiger partial charge in [-0.3, -0.25) is 14.1 Å². The minimum absolute atomic E-state index is 0.109. The molecule has 1 aromatic heterocycles. The van der Waals surface area contributed by atoms with E-state index in [1.54, 1.807) is 49.8 Å². The van der Waals surface area contributed by atoms with Crippen LogP contribution in [0.1, 0.15) is 27.0 Å². The molecule has 1 unspecified atom stereocenters. The van der Waals surface area contributed by atoms with Crippen LogP contribution in [-0.4, -0.2) is 22.0 Å². The molecular weight excluding hydrogens is 399 g/mol. The van der Waals surface area contributed by atoms with E-state index >= 15 is 0 Å². The van der Waals surface area contributed by atoms with Crippen LogP contribution in [0.5, 0.6) is 0 Å². The largest absolute Gasteiger partial charge is 0.290 e. The number of Topliss-reactive ketones (excluding diaryl/α,β-unsaturated/α-hetero) is 1. The van der Waals surface area contributed by atoms with Gasteiger partial charge < -0.3 is 0 Å². The third kappa shape index (κ3) is 4.07. The molecule has 2 aromatic carbocycles. The van der Waals surface area contributed by atoms with Crippen LogP contribution < -0.4 is 4.31 Å². The molecule has 4 rings (SSSR count). The summed E-state index contributed by atoms with van der Waals surface area (Å²) in [5, 5.41) is 0. The van der Waals surface area contributed by atoms with Crippen molar-refractivity contribution in [3.05, 3.63) is 100.0 Å². The number of aromatic nitrogens is 1. The second-order valence-corrected chi connectivity index (χ2v) is 8.19. The van der Waals surface area contributed by atoms with Gasteiger partial charge in [-0.15, -0.1) is 0 Å². The van der Waals surface area contributed by atoms with Crippen molar-refractivity contribution in [2.75, 3.05) is 11.4 Å². The third-order valence-electron chi connectivity index (χ3n) is 4.66. The van der Waals surface area contributed by atoms with Gasteiger partial charge in [0, 0.05) is 37.0 Å². The van der Waals surface area contributed by atoms with Crippen molar-refractivity contribution in [1.82, 2.24) is 4.98 Å². The lowest BCUT2D eigenvalue weighted by Gasteiger charge is -2.27. The lowest BCUT2D eigenvalue weighted by Crippen LogP contribution is -2.31. The zero-order chi connectivity index (χ0) is 21.1. The fourth-order valence-corrected chi connectivity index (χ4v) is 4.27. The quantitative estimate of drug-likeness (QED) is 0.466. The van der Waals surface area contributed by atoms with Crippen molar-refractivity contribution in [2.24, 2.45) is 0 Å². The number of allylic oxidation sites excluding steroid dienone is 1. The molecule has 1 aliphatic heterocycles. The van der Waals surface area contributed by atoms with E-state index in [1.165, 1.54) is 22.5 Å². The molecule has 0 amide bonds. The normalized spacial score (nSPS) is 16.7. The Bertz CT molecular complexity index is 1240. The number of ketones is 1. The number of benzene rings is 2. The molecule has 0 aliphatic carbocycles. The molecule has 148 valence electrons. The first-order valence-electron chi connectivity index (χ1n) is 9.22. The molecule has 6 heteroatoms. The minimum Gasteiger partial charge on any atom is -0.290 e. The van der Waals surface area contributed by atoms with E-state index in [-0.39, 0.29) is 10.7 Å². The highest BCUT2D eigenvalue weighted by Crippen LogP contribution is 2.33. The van der Waals surface area contributed by atoms with Crippen LogP contribution in [0.4, 0.5) is 10.1 Å². The summed E-state index contributed by atoms with van der Waals surface area (Å²) >= 11 is 0. The standard InChI is InChI=1S/C24H17FN2O2S/c1-27-22-9-8-18(5-2-4-17-10-12-26-13-11-17)15-21(22)24(28)23(30(27)29)16-19-6-3-7-20(25)14-19/h3,6-16H,4H2,1H3/b23-16-. The van der Waals surface area contributed by atoms with E-state index in [1.807, 2.05) is 12.1 Å². The summed E-state index contributed by atoms with van der Waals surface area (Å²) in [5.41, 5.74) is 3.24. The van der Waals surface area contributed by atoms with Gasteiger partial charge in [0.25, 0.3) is 0 Å². The molecule has 0 radical (unpaired) electrons. The summed E-state index contributed by atoms with van der Waals surface area (Å²) < 4.78 is 27.9. The molecule has 1 atom stereocenters. The Morgan fingerprint density at radius 2 is 1.93 bits per heavy atom. The number of halogens is 1. The first-order valence-corrected chi connectivity index (χ1v) is 10.3. The number of pyridine rings is 1. The van der Waals surface area contributed by atoms with Crippen LogP contribution in [0.3, 0.4) is 0 Å². The lowest BCUT2D eigenvalue weighted by molar-refractivity contribution is 0.104. The second-order valence-electron chi connectivity index (χ2n) is 6.71. The van der Waals surface area contributed by atoms with Gasteiger partial charge >= 0.3 is 0 Å². The van der Waals surface area contributed by atoms with Gasteiger partial charge in [-0.25, -0.2) is 8.60 Å². The summed E-state index contributed by atoms with van der Waals surface area (Å²) in [6, 6.07) is 14.9. The summed E-state index contributed by atoms with van der Waals surface area (Å²) in [7, 11) is -0.0154. The summed E-state index contributed by atoms with van der Waals surface area (Å²) in [6.45, 7) is 0. The molecule has 0 spiro atoms. The Labute approximate surface area is 176 Å². The van der Waals surface area contributed by atoms with Crippen molar-refractivity contribution in [3.63, 3.8) is 0 Å². The zero-order valence-corrected chi connectivity index (χ0v) is 16.9. The maximum Gasteiger partial charge on any atom is 0.205 e. The molecule has 4 nitrogen and oxygen atoms in total. The Morgan fingerprint density at radius 1 is 1.13 bits per heavy atom. The van der Waals surface area contributed by atoms with E-state index in [2.05, 4.69) is 16.8 Å².